The van der Waals surface area contributed by atoms with Crippen molar-refractivity contribution in [1.82, 2.24) is 10.6 Å². The van der Waals surface area contributed by atoms with E-state index in [9.17, 15) is 0 Å². The molecule has 0 aliphatic rings. The van der Waals surface area contributed by atoms with Gasteiger partial charge in [0, 0.05) is 32.3 Å². The molecule has 1 atom stereocenters. The monoisotopic (exact) mass is 425 g/mol. The van der Waals surface area contributed by atoms with E-state index in [2.05, 4.69) is 29.5 Å². The van der Waals surface area contributed by atoms with E-state index in [4.69, 9.17) is 16.3 Å². The van der Waals surface area contributed by atoms with Gasteiger partial charge in [-0.25, -0.2) is 0 Å². The minimum Gasteiger partial charge on any atom is -0.375 e. The molecule has 1 aromatic carbocycles. The molecule has 0 heterocycles. The van der Waals surface area contributed by atoms with E-state index in [1.54, 1.807) is 14.2 Å². The van der Waals surface area contributed by atoms with Crippen LogP contribution >= 0.6 is 35.6 Å². The molecule has 21 heavy (non-hydrogen) atoms. The second kappa shape index (κ2) is 11.1. The number of benzene rings is 1. The summed E-state index contributed by atoms with van der Waals surface area (Å²) in [5, 5.41) is 7.25. The third kappa shape index (κ3) is 7.87. The molecule has 0 spiro atoms. The van der Waals surface area contributed by atoms with Gasteiger partial charge in [0.15, 0.2) is 5.96 Å². The van der Waals surface area contributed by atoms with E-state index in [1.165, 1.54) is 0 Å². The number of aliphatic imine (C=N–C) groups is 1. The quantitative estimate of drug-likeness (QED) is 0.417. The predicted molar refractivity (Wildman–Crippen MR) is 101 cm³/mol. The van der Waals surface area contributed by atoms with Gasteiger partial charge >= 0.3 is 0 Å². The lowest BCUT2D eigenvalue weighted by atomic mass is 10.1. The zero-order valence-electron chi connectivity index (χ0n) is 13.0. The van der Waals surface area contributed by atoms with Crippen LogP contribution in [0.4, 0.5) is 0 Å². The lowest BCUT2D eigenvalue weighted by Crippen LogP contribution is -2.41. The van der Waals surface area contributed by atoms with Crippen LogP contribution in [-0.2, 0) is 4.74 Å². The molecule has 0 saturated heterocycles. The summed E-state index contributed by atoms with van der Waals surface area (Å²) in [6.45, 7) is 5.83. The van der Waals surface area contributed by atoms with Crippen LogP contribution in [0.5, 0.6) is 0 Å². The third-order valence-electron chi connectivity index (χ3n) is 2.86. The van der Waals surface area contributed by atoms with Crippen molar-refractivity contribution in [1.29, 1.82) is 0 Å². The minimum atomic E-state index is -0.0636. The Balaban J connectivity index is 0.00000400. The fourth-order valence-electron chi connectivity index (χ4n) is 1.75. The predicted octanol–water partition coefficient (Wildman–Crippen LogP) is 3.47. The lowest BCUT2D eigenvalue weighted by molar-refractivity contribution is 0.106. The Kier molecular flexibility index (Phi) is 10.8. The molecular formula is C15H25ClIN3O. The molecule has 2 N–H and O–H groups in total. The van der Waals surface area contributed by atoms with Gasteiger partial charge in [0.1, 0.15) is 0 Å². The van der Waals surface area contributed by atoms with Gasteiger partial charge in [0.2, 0.25) is 0 Å². The first-order valence-electron chi connectivity index (χ1n) is 6.79. The largest absolute Gasteiger partial charge is 0.375 e. The second-order valence-corrected chi connectivity index (χ2v) is 5.44. The van der Waals surface area contributed by atoms with E-state index in [1.807, 2.05) is 24.3 Å². The Morgan fingerprint density at radius 2 is 1.95 bits per heavy atom. The molecule has 1 unspecified atom stereocenters. The van der Waals surface area contributed by atoms with Gasteiger partial charge in [0.05, 0.1) is 6.10 Å². The van der Waals surface area contributed by atoms with Crippen molar-refractivity contribution in [2.24, 2.45) is 10.9 Å². The Hall–Kier alpha value is -0.530. The first kappa shape index (κ1) is 20.5. The molecule has 0 aromatic heterocycles. The van der Waals surface area contributed by atoms with Crippen molar-refractivity contribution in [2.75, 3.05) is 27.2 Å². The van der Waals surface area contributed by atoms with Gasteiger partial charge in [-0.05, 0) is 23.6 Å². The SMILES string of the molecule is CN=C(NCC(C)C)NCC(OC)c1cccc(Cl)c1.I. The molecule has 120 valence electrons. The number of hydrogen-bond donors (Lipinski definition) is 2. The van der Waals surface area contributed by atoms with Crippen molar-refractivity contribution in [3.8, 4) is 0 Å². The van der Waals surface area contributed by atoms with E-state index in [0.29, 0.717) is 17.5 Å². The smallest absolute Gasteiger partial charge is 0.191 e. The Morgan fingerprint density at radius 3 is 2.48 bits per heavy atom. The Morgan fingerprint density at radius 1 is 1.29 bits per heavy atom. The van der Waals surface area contributed by atoms with Gasteiger partial charge in [-0.1, -0.05) is 37.6 Å². The molecule has 6 heteroatoms. The fraction of sp³-hybridized carbons (Fsp3) is 0.533. The fourth-order valence-corrected chi connectivity index (χ4v) is 1.95. The van der Waals surface area contributed by atoms with Crippen LogP contribution in [0.1, 0.15) is 25.5 Å². The number of hydrogen-bond acceptors (Lipinski definition) is 2. The minimum absolute atomic E-state index is 0. The summed E-state index contributed by atoms with van der Waals surface area (Å²) < 4.78 is 5.51. The Labute approximate surface area is 149 Å². The van der Waals surface area contributed by atoms with Gasteiger partial charge < -0.3 is 15.4 Å². The van der Waals surface area contributed by atoms with Crippen LogP contribution in [0.15, 0.2) is 29.3 Å². The maximum absolute atomic E-state index is 6.01. The van der Waals surface area contributed by atoms with E-state index in [-0.39, 0.29) is 30.1 Å². The molecule has 1 rings (SSSR count). The van der Waals surface area contributed by atoms with Crippen LogP contribution in [0.25, 0.3) is 0 Å². The van der Waals surface area contributed by atoms with Crippen LogP contribution in [-0.4, -0.2) is 33.2 Å². The molecule has 0 aliphatic heterocycles. The average molecular weight is 426 g/mol. The highest BCUT2D eigenvalue weighted by Crippen LogP contribution is 2.19. The van der Waals surface area contributed by atoms with Crippen LogP contribution in [0, 0.1) is 5.92 Å². The summed E-state index contributed by atoms with van der Waals surface area (Å²) >= 11 is 6.01. The highest BCUT2D eigenvalue weighted by molar-refractivity contribution is 14.0. The summed E-state index contributed by atoms with van der Waals surface area (Å²) in [7, 11) is 3.45. The number of methoxy groups -OCH3 is 1. The van der Waals surface area contributed by atoms with E-state index < -0.39 is 0 Å². The number of nitrogens with one attached hydrogen (secondary N) is 2. The molecule has 0 aliphatic carbocycles. The maximum Gasteiger partial charge on any atom is 0.191 e. The van der Waals surface area contributed by atoms with Gasteiger partial charge in [-0.2, -0.15) is 0 Å². The maximum atomic E-state index is 6.01. The number of halogens is 2. The molecule has 0 fully saturated rings. The molecule has 4 nitrogen and oxygen atoms in total. The van der Waals surface area contributed by atoms with Crippen molar-refractivity contribution < 1.29 is 4.74 Å². The molecule has 0 saturated carbocycles. The standard InChI is InChI=1S/C15H24ClN3O.HI/c1-11(2)9-18-15(17-3)19-10-14(20-4)12-6-5-7-13(16)8-12;/h5-8,11,14H,9-10H2,1-4H3,(H2,17,18,19);1H. The Bertz CT molecular complexity index is 441. The van der Waals surface area contributed by atoms with Gasteiger partial charge in [0.25, 0.3) is 0 Å². The summed E-state index contributed by atoms with van der Waals surface area (Å²) in [5.74, 6) is 1.35. The first-order chi connectivity index (χ1) is 9.56. The molecule has 1 aromatic rings. The lowest BCUT2D eigenvalue weighted by Gasteiger charge is -2.19. The highest BCUT2D eigenvalue weighted by Gasteiger charge is 2.11. The van der Waals surface area contributed by atoms with Crippen LogP contribution < -0.4 is 10.6 Å². The average Bonchev–Trinajstić information content (AvgIpc) is 2.42. The number of nitrogens with zero attached hydrogens (tertiary/aromatic N) is 1. The summed E-state index contributed by atoms with van der Waals surface area (Å²) in [5.41, 5.74) is 1.05. The van der Waals surface area contributed by atoms with Crippen molar-refractivity contribution >= 4 is 41.5 Å². The highest BCUT2D eigenvalue weighted by atomic mass is 127. The first-order valence-corrected chi connectivity index (χ1v) is 7.17. The summed E-state index contributed by atoms with van der Waals surface area (Å²) in [4.78, 5) is 4.19. The zero-order valence-corrected chi connectivity index (χ0v) is 16.1. The molecule has 0 bridgehead atoms. The van der Waals surface area contributed by atoms with Crippen molar-refractivity contribution in [3.63, 3.8) is 0 Å². The molecule has 0 amide bonds. The number of rotatable bonds is 6. The van der Waals surface area contributed by atoms with E-state index in [0.717, 1.165) is 18.1 Å². The third-order valence-corrected chi connectivity index (χ3v) is 3.10. The second-order valence-electron chi connectivity index (χ2n) is 5.01. The van der Waals surface area contributed by atoms with Crippen molar-refractivity contribution in [3.05, 3.63) is 34.9 Å². The topological polar surface area (TPSA) is 45.7 Å². The van der Waals surface area contributed by atoms with Crippen molar-refractivity contribution in [2.45, 2.75) is 20.0 Å². The summed E-state index contributed by atoms with van der Waals surface area (Å²) in [6.07, 6.45) is -0.0636. The van der Waals surface area contributed by atoms with Gasteiger partial charge in [-0.3, -0.25) is 4.99 Å². The number of guanidine groups is 1. The normalized spacial score (nSPS) is 12.8. The van der Waals surface area contributed by atoms with Crippen LogP contribution in [0.2, 0.25) is 5.02 Å². The molecule has 0 radical (unpaired) electrons. The number of ether oxygens (including phenoxy) is 1. The zero-order chi connectivity index (χ0) is 15.0. The van der Waals surface area contributed by atoms with E-state index >= 15 is 0 Å². The van der Waals surface area contributed by atoms with Crippen LogP contribution in [0.3, 0.4) is 0 Å². The van der Waals surface area contributed by atoms with Gasteiger partial charge in [-0.15, -0.1) is 24.0 Å². The summed E-state index contributed by atoms with van der Waals surface area (Å²) in [6, 6.07) is 7.71. The molecular weight excluding hydrogens is 401 g/mol.